The summed E-state index contributed by atoms with van der Waals surface area (Å²) in [5, 5.41) is 0. The Hall–Kier alpha value is -0.990. The molecule has 0 spiro atoms. The van der Waals surface area contributed by atoms with Crippen molar-refractivity contribution < 1.29 is 31.1 Å². The fraction of sp³-hybridized carbons (Fsp3) is 0.889. The minimum Gasteiger partial charge on any atom is -0.342 e. The van der Waals surface area contributed by atoms with Gasteiger partial charge in [-0.05, 0) is 19.9 Å². The van der Waals surface area contributed by atoms with Gasteiger partial charge in [0.1, 0.15) is 0 Å². The van der Waals surface area contributed by atoms with Gasteiger partial charge in [0, 0.05) is 13.1 Å². The minimum absolute atomic E-state index is 0.0570. The molecular formula is C9H14F6N2O. The molecule has 0 saturated heterocycles. The van der Waals surface area contributed by atoms with E-state index in [0.717, 1.165) is 7.05 Å². The van der Waals surface area contributed by atoms with E-state index in [4.69, 9.17) is 5.73 Å². The first-order valence-electron chi connectivity index (χ1n) is 5.03. The summed E-state index contributed by atoms with van der Waals surface area (Å²) in [5.74, 6) is -6.01. The molecule has 3 nitrogen and oxygen atoms in total. The highest BCUT2D eigenvalue weighted by molar-refractivity contribution is 5.80. The number of carbonyl (C=O) groups is 1. The van der Waals surface area contributed by atoms with E-state index in [0.29, 0.717) is 4.90 Å². The van der Waals surface area contributed by atoms with E-state index in [1.165, 1.54) is 6.92 Å². The predicted molar refractivity (Wildman–Crippen MR) is 51.5 cm³/mol. The van der Waals surface area contributed by atoms with Crippen LogP contribution < -0.4 is 5.73 Å². The Balaban J connectivity index is 5.11. The maximum Gasteiger partial charge on any atom is 0.409 e. The molecule has 0 aromatic rings. The number of rotatable bonds is 4. The molecule has 0 aromatic heterocycles. The highest BCUT2D eigenvalue weighted by atomic mass is 19.4. The molecule has 108 valence electrons. The van der Waals surface area contributed by atoms with E-state index in [-0.39, 0.29) is 13.0 Å². The molecule has 1 unspecified atom stereocenters. The van der Waals surface area contributed by atoms with Crippen molar-refractivity contribution in [3.8, 4) is 0 Å². The normalized spacial score (nSPS) is 14.8. The van der Waals surface area contributed by atoms with Crippen LogP contribution in [-0.2, 0) is 4.79 Å². The molecule has 0 heterocycles. The molecule has 0 aromatic carbocycles. The SMILES string of the molecule is CC(CCN)N(C)C(=O)C(C(F)(F)F)C(F)(F)F. The van der Waals surface area contributed by atoms with Crippen molar-refractivity contribution in [3.05, 3.63) is 0 Å². The van der Waals surface area contributed by atoms with Crippen LogP contribution in [-0.4, -0.2) is 42.8 Å². The van der Waals surface area contributed by atoms with Gasteiger partial charge in [0.05, 0.1) is 0 Å². The summed E-state index contributed by atoms with van der Waals surface area (Å²) >= 11 is 0. The van der Waals surface area contributed by atoms with Crippen molar-refractivity contribution in [2.75, 3.05) is 13.6 Å². The van der Waals surface area contributed by atoms with E-state index in [1.54, 1.807) is 0 Å². The lowest BCUT2D eigenvalue weighted by atomic mass is 10.1. The maximum atomic E-state index is 12.3. The summed E-state index contributed by atoms with van der Waals surface area (Å²) in [6, 6.07) is -0.797. The summed E-state index contributed by atoms with van der Waals surface area (Å²) in [7, 11) is 0.896. The quantitative estimate of drug-likeness (QED) is 0.800. The molecule has 2 N–H and O–H groups in total. The third-order valence-corrected chi connectivity index (χ3v) is 2.49. The second-order valence-corrected chi connectivity index (χ2v) is 3.89. The Labute approximate surface area is 99.9 Å². The lowest BCUT2D eigenvalue weighted by Gasteiger charge is -2.30. The molecule has 0 radical (unpaired) electrons. The van der Waals surface area contributed by atoms with Crippen molar-refractivity contribution in [2.45, 2.75) is 31.7 Å². The number of hydrogen-bond acceptors (Lipinski definition) is 2. The number of carbonyl (C=O) groups excluding carboxylic acids is 1. The van der Waals surface area contributed by atoms with E-state index < -0.39 is 30.2 Å². The first kappa shape index (κ1) is 17.0. The average molecular weight is 280 g/mol. The fourth-order valence-corrected chi connectivity index (χ4v) is 1.32. The van der Waals surface area contributed by atoms with Crippen LogP contribution in [0.1, 0.15) is 13.3 Å². The molecule has 0 rings (SSSR count). The molecule has 0 fully saturated rings. The van der Waals surface area contributed by atoms with Gasteiger partial charge in [-0.15, -0.1) is 0 Å². The number of halogens is 6. The topological polar surface area (TPSA) is 46.3 Å². The Morgan fingerprint density at radius 2 is 1.56 bits per heavy atom. The van der Waals surface area contributed by atoms with Gasteiger partial charge in [-0.3, -0.25) is 4.79 Å². The molecular weight excluding hydrogens is 266 g/mol. The van der Waals surface area contributed by atoms with E-state index >= 15 is 0 Å². The smallest absolute Gasteiger partial charge is 0.342 e. The molecule has 1 atom stereocenters. The Kier molecular flexibility index (Phi) is 5.45. The average Bonchev–Trinajstić information content (AvgIpc) is 2.12. The van der Waals surface area contributed by atoms with Crippen molar-refractivity contribution in [1.82, 2.24) is 4.90 Å². The van der Waals surface area contributed by atoms with Crippen LogP contribution in [0.4, 0.5) is 26.3 Å². The molecule has 0 saturated carbocycles. The molecule has 0 aliphatic rings. The largest absolute Gasteiger partial charge is 0.409 e. The summed E-state index contributed by atoms with van der Waals surface area (Å²) in [4.78, 5) is 11.7. The van der Waals surface area contributed by atoms with E-state index in [1.807, 2.05) is 0 Å². The molecule has 9 heteroatoms. The molecule has 1 amide bonds. The summed E-state index contributed by atoms with van der Waals surface area (Å²) in [5.41, 5.74) is 5.13. The lowest BCUT2D eigenvalue weighted by Crippen LogP contribution is -2.50. The summed E-state index contributed by atoms with van der Waals surface area (Å²) in [6.45, 7) is 1.38. The second-order valence-electron chi connectivity index (χ2n) is 3.89. The van der Waals surface area contributed by atoms with Crippen LogP contribution in [0, 0.1) is 5.92 Å². The van der Waals surface area contributed by atoms with Crippen LogP contribution in [0.5, 0.6) is 0 Å². The van der Waals surface area contributed by atoms with Crippen molar-refractivity contribution in [3.63, 3.8) is 0 Å². The molecule has 0 aliphatic carbocycles. The van der Waals surface area contributed by atoms with Crippen LogP contribution >= 0.6 is 0 Å². The highest BCUT2D eigenvalue weighted by Gasteiger charge is 2.61. The van der Waals surface area contributed by atoms with E-state index in [2.05, 4.69) is 0 Å². The van der Waals surface area contributed by atoms with Crippen LogP contribution in [0.2, 0.25) is 0 Å². The van der Waals surface area contributed by atoms with Gasteiger partial charge in [-0.25, -0.2) is 0 Å². The van der Waals surface area contributed by atoms with Gasteiger partial charge in [-0.1, -0.05) is 0 Å². The fourth-order valence-electron chi connectivity index (χ4n) is 1.32. The van der Waals surface area contributed by atoms with Crippen LogP contribution in [0.25, 0.3) is 0 Å². The second kappa shape index (κ2) is 5.77. The monoisotopic (exact) mass is 280 g/mol. The zero-order valence-corrected chi connectivity index (χ0v) is 9.77. The number of nitrogens with zero attached hydrogens (tertiary/aromatic N) is 1. The first-order valence-corrected chi connectivity index (χ1v) is 5.03. The zero-order chi connectivity index (χ0) is 14.7. The van der Waals surface area contributed by atoms with Gasteiger partial charge in [0.2, 0.25) is 11.8 Å². The Morgan fingerprint density at radius 1 is 1.17 bits per heavy atom. The van der Waals surface area contributed by atoms with Crippen LogP contribution in [0.15, 0.2) is 0 Å². The van der Waals surface area contributed by atoms with E-state index in [9.17, 15) is 31.1 Å². The third-order valence-electron chi connectivity index (χ3n) is 2.49. The Bertz CT molecular complexity index is 274. The van der Waals surface area contributed by atoms with Gasteiger partial charge in [-0.2, -0.15) is 26.3 Å². The molecule has 0 aliphatic heterocycles. The minimum atomic E-state index is -5.66. The van der Waals surface area contributed by atoms with Gasteiger partial charge < -0.3 is 10.6 Å². The first-order chi connectivity index (χ1) is 7.92. The molecule has 0 bridgehead atoms. The highest BCUT2D eigenvalue weighted by Crippen LogP contribution is 2.40. The lowest BCUT2D eigenvalue weighted by molar-refractivity contribution is -0.277. The van der Waals surface area contributed by atoms with Crippen LogP contribution in [0.3, 0.4) is 0 Å². The summed E-state index contributed by atoms with van der Waals surface area (Å²) < 4.78 is 73.7. The maximum absolute atomic E-state index is 12.3. The van der Waals surface area contributed by atoms with Gasteiger partial charge in [0.25, 0.3) is 0 Å². The number of hydrogen-bond donors (Lipinski definition) is 1. The van der Waals surface area contributed by atoms with Crippen molar-refractivity contribution in [2.24, 2.45) is 11.7 Å². The third kappa shape index (κ3) is 4.35. The van der Waals surface area contributed by atoms with Gasteiger partial charge >= 0.3 is 12.4 Å². The standard InChI is InChI=1S/C9H14F6N2O/c1-5(3-4-16)17(2)7(18)6(8(10,11)12)9(13,14)15/h5-6H,3-4,16H2,1-2H3. The number of amides is 1. The number of nitrogens with two attached hydrogens (primary N) is 1. The van der Waals surface area contributed by atoms with Gasteiger partial charge in [0.15, 0.2) is 0 Å². The zero-order valence-electron chi connectivity index (χ0n) is 9.77. The summed E-state index contributed by atoms with van der Waals surface area (Å²) in [6.07, 6.45) is -11.2. The molecule has 18 heavy (non-hydrogen) atoms. The van der Waals surface area contributed by atoms with Crippen molar-refractivity contribution >= 4 is 5.91 Å². The predicted octanol–water partition coefficient (Wildman–Crippen LogP) is 1.92. The Morgan fingerprint density at radius 3 is 1.83 bits per heavy atom. The number of alkyl halides is 6. The van der Waals surface area contributed by atoms with Crippen molar-refractivity contribution in [1.29, 1.82) is 0 Å².